The lowest BCUT2D eigenvalue weighted by Gasteiger charge is -2.18. The fourth-order valence-electron chi connectivity index (χ4n) is 1.90. The second-order valence-electron chi connectivity index (χ2n) is 4.35. The van der Waals surface area contributed by atoms with Crippen LogP contribution in [0.1, 0.15) is 29.8 Å². The van der Waals surface area contributed by atoms with Crippen LogP contribution in [-0.2, 0) is 6.42 Å². The van der Waals surface area contributed by atoms with Crippen molar-refractivity contribution in [3.05, 3.63) is 52.0 Å². The summed E-state index contributed by atoms with van der Waals surface area (Å²) in [7, 11) is 0. The average molecular weight is 282 g/mol. The third kappa shape index (κ3) is 3.81. The Morgan fingerprint density at radius 2 is 2.16 bits per heavy atom. The van der Waals surface area contributed by atoms with E-state index < -0.39 is 11.6 Å². The van der Waals surface area contributed by atoms with Gasteiger partial charge in [-0.1, -0.05) is 13.0 Å². The van der Waals surface area contributed by atoms with E-state index in [1.54, 1.807) is 22.9 Å². The Kier molecular flexibility index (Phi) is 4.99. The van der Waals surface area contributed by atoms with Crippen molar-refractivity contribution in [1.29, 1.82) is 0 Å². The molecule has 2 aromatic rings. The summed E-state index contributed by atoms with van der Waals surface area (Å²) in [6, 6.07) is 4.06. The van der Waals surface area contributed by atoms with Crippen LogP contribution >= 0.6 is 11.3 Å². The number of nitrogens with zero attached hydrogens (tertiary/aromatic N) is 1. The van der Waals surface area contributed by atoms with Gasteiger partial charge in [0.05, 0.1) is 5.51 Å². The molecule has 0 bridgehead atoms. The smallest absolute Gasteiger partial charge is 0.159 e. The first-order valence-corrected chi connectivity index (χ1v) is 7.14. The molecule has 0 spiro atoms. The first-order valence-electron chi connectivity index (χ1n) is 6.26. The Hall–Kier alpha value is -1.33. The lowest BCUT2D eigenvalue weighted by molar-refractivity contribution is 0.494. The molecule has 0 amide bonds. The summed E-state index contributed by atoms with van der Waals surface area (Å²) < 4.78 is 26.3. The maximum atomic E-state index is 13.3. The molecule has 1 atom stereocenters. The van der Waals surface area contributed by atoms with Crippen molar-refractivity contribution in [3.63, 3.8) is 0 Å². The second-order valence-corrected chi connectivity index (χ2v) is 5.32. The fourth-order valence-corrected chi connectivity index (χ4v) is 2.54. The first-order chi connectivity index (χ1) is 9.20. The van der Waals surface area contributed by atoms with Gasteiger partial charge in [0.2, 0.25) is 0 Å². The Bertz CT molecular complexity index is 514. The first kappa shape index (κ1) is 14.1. The van der Waals surface area contributed by atoms with Crippen molar-refractivity contribution in [2.24, 2.45) is 0 Å². The third-order valence-corrected chi connectivity index (χ3v) is 3.68. The number of rotatable bonds is 6. The van der Waals surface area contributed by atoms with Gasteiger partial charge >= 0.3 is 0 Å². The Morgan fingerprint density at radius 3 is 2.79 bits per heavy atom. The monoisotopic (exact) mass is 282 g/mol. The molecule has 1 unspecified atom stereocenters. The summed E-state index contributed by atoms with van der Waals surface area (Å²) in [5, 5.41) is 3.36. The summed E-state index contributed by atoms with van der Waals surface area (Å²) in [6.07, 6.45) is 3.53. The molecular weight excluding hydrogens is 266 g/mol. The van der Waals surface area contributed by atoms with Crippen molar-refractivity contribution in [1.82, 2.24) is 10.3 Å². The molecule has 1 aromatic carbocycles. The zero-order chi connectivity index (χ0) is 13.7. The summed E-state index contributed by atoms with van der Waals surface area (Å²) in [6.45, 7) is 2.91. The number of nitrogens with one attached hydrogen (secondary N) is 1. The maximum Gasteiger partial charge on any atom is 0.159 e. The van der Waals surface area contributed by atoms with Gasteiger partial charge in [-0.05, 0) is 30.7 Å². The van der Waals surface area contributed by atoms with E-state index in [0.29, 0.717) is 0 Å². The number of hydrogen-bond donors (Lipinski definition) is 1. The normalized spacial score (nSPS) is 12.6. The fraction of sp³-hybridized carbons (Fsp3) is 0.357. The highest BCUT2D eigenvalue weighted by Gasteiger charge is 2.14. The van der Waals surface area contributed by atoms with Crippen LogP contribution in [0.4, 0.5) is 8.78 Å². The van der Waals surface area contributed by atoms with Crippen LogP contribution in [0.3, 0.4) is 0 Å². The minimum atomic E-state index is -0.809. The summed E-state index contributed by atoms with van der Waals surface area (Å²) in [4.78, 5) is 5.16. The predicted molar refractivity (Wildman–Crippen MR) is 73.2 cm³/mol. The lowest BCUT2D eigenvalue weighted by Crippen LogP contribution is -2.24. The molecule has 2 rings (SSSR count). The largest absolute Gasteiger partial charge is 0.310 e. The van der Waals surface area contributed by atoms with Crippen molar-refractivity contribution >= 4 is 11.3 Å². The number of hydrogen-bond acceptors (Lipinski definition) is 3. The molecule has 0 fully saturated rings. The van der Waals surface area contributed by atoms with Gasteiger partial charge in [-0.3, -0.25) is 4.98 Å². The molecule has 0 aliphatic carbocycles. The van der Waals surface area contributed by atoms with Crippen LogP contribution in [0.25, 0.3) is 0 Å². The van der Waals surface area contributed by atoms with Gasteiger partial charge in [0.1, 0.15) is 0 Å². The number of aromatic nitrogens is 1. The average Bonchev–Trinajstić information content (AvgIpc) is 2.91. The van der Waals surface area contributed by atoms with Crippen molar-refractivity contribution < 1.29 is 8.78 Å². The highest BCUT2D eigenvalue weighted by Crippen LogP contribution is 2.22. The predicted octanol–water partition coefficient (Wildman–Crippen LogP) is 3.70. The van der Waals surface area contributed by atoms with E-state index in [-0.39, 0.29) is 6.04 Å². The van der Waals surface area contributed by atoms with E-state index in [0.717, 1.165) is 29.8 Å². The quantitative estimate of drug-likeness (QED) is 0.873. The maximum absolute atomic E-state index is 13.3. The van der Waals surface area contributed by atoms with Gasteiger partial charge in [-0.15, -0.1) is 11.3 Å². The van der Waals surface area contributed by atoms with Crippen LogP contribution in [0.15, 0.2) is 29.9 Å². The molecule has 2 nitrogen and oxygen atoms in total. The molecule has 0 saturated carbocycles. The van der Waals surface area contributed by atoms with Gasteiger partial charge in [0.25, 0.3) is 0 Å². The van der Waals surface area contributed by atoms with E-state index in [2.05, 4.69) is 17.2 Å². The molecule has 1 N–H and O–H groups in total. The molecule has 1 heterocycles. The Balaban J connectivity index is 2.18. The van der Waals surface area contributed by atoms with Crippen LogP contribution in [0.5, 0.6) is 0 Å². The summed E-state index contributed by atoms with van der Waals surface area (Å²) in [5.74, 6) is -1.61. The Morgan fingerprint density at radius 1 is 1.32 bits per heavy atom. The minimum Gasteiger partial charge on any atom is -0.310 e. The lowest BCUT2D eigenvalue weighted by atomic mass is 10.0. The number of benzene rings is 1. The van der Waals surface area contributed by atoms with Crippen LogP contribution in [0.2, 0.25) is 0 Å². The van der Waals surface area contributed by atoms with Gasteiger partial charge in [0, 0.05) is 23.5 Å². The molecule has 0 saturated heterocycles. The van der Waals surface area contributed by atoms with Gasteiger partial charge in [0.15, 0.2) is 11.6 Å². The van der Waals surface area contributed by atoms with Gasteiger partial charge in [-0.25, -0.2) is 8.78 Å². The van der Waals surface area contributed by atoms with Crippen molar-refractivity contribution in [2.75, 3.05) is 6.54 Å². The topological polar surface area (TPSA) is 24.9 Å². The minimum absolute atomic E-state index is 0.0181. The van der Waals surface area contributed by atoms with Crippen molar-refractivity contribution in [2.45, 2.75) is 25.8 Å². The van der Waals surface area contributed by atoms with E-state index >= 15 is 0 Å². The zero-order valence-corrected chi connectivity index (χ0v) is 11.5. The summed E-state index contributed by atoms with van der Waals surface area (Å²) >= 11 is 1.57. The highest BCUT2D eigenvalue weighted by molar-refractivity contribution is 7.09. The van der Waals surface area contributed by atoms with Crippen LogP contribution in [0, 0.1) is 11.6 Å². The summed E-state index contributed by atoms with van der Waals surface area (Å²) in [5.41, 5.74) is 2.54. The van der Waals surface area contributed by atoms with Crippen LogP contribution < -0.4 is 5.32 Å². The van der Waals surface area contributed by atoms with Crippen LogP contribution in [-0.4, -0.2) is 11.5 Å². The highest BCUT2D eigenvalue weighted by atomic mass is 32.1. The standard InChI is InChI=1S/C14H16F2N2S/c1-2-5-18-14(7-11-8-17-9-19-11)10-3-4-12(15)13(16)6-10/h3-4,6,8-9,14,18H,2,5,7H2,1H3. The van der Waals surface area contributed by atoms with E-state index in [4.69, 9.17) is 0 Å². The molecule has 0 aliphatic rings. The Labute approximate surface area is 115 Å². The second kappa shape index (κ2) is 6.73. The molecule has 0 aliphatic heterocycles. The number of thiazole rings is 1. The van der Waals surface area contributed by atoms with E-state index in [9.17, 15) is 8.78 Å². The van der Waals surface area contributed by atoms with Gasteiger partial charge < -0.3 is 5.32 Å². The molecule has 1 aromatic heterocycles. The molecule has 19 heavy (non-hydrogen) atoms. The third-order valence-electron chi connectivity index (χ3n) is 2.88. The SMILES string of the molecule is CCCNC(Cc1cncs1)c1ccc(F)c(F)c1. The van der Waals surface area contributed by atoms with Gasteiger partial charge in [-0.2, -0.15) is 0 Å². The molecule has 102 valence electrons. The van der Waals surface area contributed by atoms with Crippen molar-refractivity contribution in [3.8, 4) is 0 Å². The molecular formula is C14H16F2N2S. The number of halogens is 2. The molecule has 0 radical (unpaired) electrons. The van der Waals surface area contributed by atoms with E-state index in [1.807, 2.05) is 6.20 Å². The molecule has 5 heteroatoms. The zero-order valence-electron chi connectivity index (χ0n) is 10.7. The van der Waals surface area contributed by atoms with E-state index in [1.165, 1.54) is 12.1 Å².